The molecule has 4 heterocycles. The van der Waals surface area contributed by atoms with Gasteiger partial charge in [-0.25, -0.2) is 0 Å². The van der Waals surface area contributed by atoms with Crippen molar-refractivity contribution in [2.24, 2.45) is 0 Å². The maximum atomic E-state index is 13.2. The standard InChI is InChI=1S/C22H27ClN6O6S2/c1-13(2)28-7-5-14(6-8-28)25-22(31)17-10-16(21(30)24-12-37(32,33)34)26-29(17)11-15-9-18(35-27-15)19-3-4-20(23)36-19/h3-4,9-10,13-14H,5-8,11-12H2,1-2H3,(H,24,30)(H,25,31)(H,32,33,34). The van der Waals surface area contributed by atoms with Gasteiger partial charge < -0.3 is 20.1 Å². The number of carbonyl (C=O) groups excluding carboxylic acids is 2. The van der Waals surface area contributed by atoms with Crippen LogP contribution in [0.5, 0.6) is 0 Å². The summed E-state index contributed by atoms with van der Waals surface area (Å²) in [6, 6.07) is 6.89. The van der Waals surface area contributed by atoms with E-state index in [0.29, 0.717) is 21.8 Å². The van der Waals surface area contributed by atoms with Gasteiger partial charge in [-0.2, -0.15) is 13.5 Å². The highest BCUT2D eigenvalue weighted by molar-refractivity contribution is 7.85. The number of carbonyl (C=O) groups is 2. The zero-order valence-corrected chi connectivity index (χ0v) is 22.6. The van der Waals surface area contributed by atoms with Crippen LogP contribution in [0.4, 0.5) is 0 Å². The lowest BCUT2D eigenvalue weighted by Gasteiger charge is -2.34. The van der Waals surface area contributed by atoms with Gasteiger partial charge in [0.1, 0.15) is 17.3 Å². The van der Waals surface area contributed by atoms with E-state index in [9.17, 15) is 18.0 Å². The van der Waals surface area contributed by atoms with E-state index in [0.717, 1.165) is 30.8 Å². The van der Waals surface area contributed by atoms with E-state index in [1.54, 1.807) is 18.2 Å². The van der Waals surface area contributed by atoms with Crippen molar-refractivity contribution in [2.75, 3.05) is 19.0 Å². The predicted octanol–water partition coefficient (Wildman–Crippen LogP) is 2.48. The molecule has 3 aromatic heterocycles. The molecule has 200 valence electrons. The topological polar surface area (TPSA) is 160 Å². The van der Waals surface area contributed by atoms with Crippen LogP contribution in [-0.2, 0) is 16.7 Å². The first-order chi connectivity index (χ1) is 17.5. The molecule has 2 amide bonds. The maximum absolute atomic E-state index is 13.2. The summed E-state index contributed by atoms with van der Waals surface area (Å²) in [5, 5.41) is 13.3. The molecule has 1 fully saturated rings. The Hall–Kier alpha value is -2.78. The number of nitrogens with one attached hydrogen (secondary N) is 2. The third-order valence-electron chi connectivity index (χ3n) is 5.94. The Bertz CT molecular complexity index is 1370. The highest BCUT2D eigenvalue weighted by Crippen LogP contribution is 2.31. The van der Waals surface area contributed by atoms with Crippen molar-refractivity contribution in [1.82, 2.24) is 30.5 Å². The van der Waals surface area contributed by atoms with Crippen molar-refractivity contribution in [2.45, 2.75) is 45.3 Å². The number of rotatable bonds is 9. The van der Waals surface area contributed by atoms with Crippen LogP contribution in [0.1, 0.15) is 53.4 Å². The summed E-state index contributed by atoms with van der Waals surface area (Å²) in [5.41, 5.74) is 0.371. The second kappa shape index (κ2) is 11.3. The normalized spacial score (nSPS) is 15.3. The largest absolute Gasteiger partial charge is 0.355 e. The van der Waals surface area contributed by atoms with E-state index in [4.69, 9.17) is 20.7 Å². The maximum Gasteiger partial charge on any atom is 0.283 e. The second-order valence-electron chi connectivity index (χ2n) is 8.97. The first kappa shape index (κ1) is 27.3. The van der Waals surface area contributed by atoms with Crippen molar-refractivity contribution in [3.05, 3.63) is 45.7 Å². The average Bonchev–Trinajstić information content (AvgIpc) is 3.57. The van der Waals surface area contributed by atoms with Gasteiger partial charge in [0.05, 0.1) is 15.8 Å². The fraction of sp³-hybridized carbons (Fsp3) is 0.455. The monoisotopic (exact) mass is 570 g/mol. The Morgan fingerprint density at radius 3 is 2.59 bits per heavy atom. The van der Waals surface area contributed by atoms with Crippen molar-refractivity contribution >= 4 is 44.9 Å². The van der Waals surface area contributed by atoms with Gasteiger partial charge in [0.15, 0.2) is 11.5 Å². The molecule has 4 rings (SSSR count). The van der Waals surface area contributed by atoms with E-state index < -0.39 is 27.8 Å². The van der Waals surface area contributed by atoms with Crippen LogP contribution in [0.2, 0.25) is 4.34 Å². The molecule has 1 aliphatic rings. The number of halogens is 1. The molecule has 3 N–H and O–H groups in total. The molecule has 0 spiro atoms. The quantitative estimate of drug-likeness (QED) is 0.328. The number of piperidine rings is 1. The lowest BCUT2D eigenvalue weighted by molar-refractivity contribution is 0.0889. The molecule has 0 saturated carbocycles. The molecule has 0 aliphatic carbocycles. The van der Waals surface area contributed by atoms with Gasteiger partial charge in [-0.1, -0.05) is 16.8 Å². The Morgan fingerprint density at radius 1 is 1.24 bits per heavy atom. The van der Waals surface area contributed by atoms with Crippen molar-refractivity contribution in [1.29, 1.82) is 0 Å². The van der Waals surface area contributed by atoms with Gasteiger partial charge in [0.25, 0.3) is 21.9 Å². The molecule has 1 saturated heterocycles. The molecule has 15 heteroatoms. The second-order valence-corrected chi connectivity index (χ2v) is 12.1. The van der Waals surface area contributed by atoms with Crippen LogP contribution in [0.25, 0.3) is 10.6 Å². The number of thiophene rings is 1. The zero-order chi connectivity index (χ0) is 26.7. The van der Waals surface area contributed by atoms with Crippen LogP contribution >= 0.6 is 22.9 Å². The van der Waals surface area contributed by atoms with Gasteiger partial charge in [-0.15, -0.1) is 11.3 Å². The summed E-state index contributed by atoms with van der Waals surface area (Å²) >= 11 is 7.32. The first-order valence-corrected chi connectivity index (χ1v) is 14.4. The van der Waals surface area contributed by atoms with Gasteiger partial charge >= 0.3 is 0 Å². The lowest BCUT2D eigenvalue weighted by Crippen LogP contribution is -2.46. The highest BCUT2D eigenvalue weighted by Gasteiger charge is 2.26. The molecule has 12 nitrogen and oxygen atoms in total. The molecule has 0 bridgehead atoms. The average molecular weight is 571 g/mol. The molecule has 37 heavy (non-hydrogen) atoms. The number of nitrogens with zero attached hydrogens (tertiary/aromatic N) is 4. The predicted molar refractivity (Wildman–Crippen MR) is 137 cm³/mol. The first-order valence-electron chi connectivity index (χ1n) is 11.6. The van der Waals surface area contributed by atoms with Crippen LogP contribution < -0.4 is 10.6 Å². The van der Waals surface area contributed by atoms with Crippen molar-refractivity contribution < 1.29 is 27.1 Å². The van der Waals surface area contributed by atoms with Crippen LogP contribution in [-0.4, -0.2) is 75.7 Å². The van der Waals surface area contributed by atoms with Gasteiger partial charge in [-0.3, -0.25) is 18.8 Å². The molecular weight excluding hydrogens is 544 g/mol. The Morgan fingerprint density at radius 2 is 1.97 bits per heavy atom. The molecule has 0 aromatic carbocycles. The zero-order valence-electron chi connectivity index (χ0n) is 20.2. The summed E-state index contributed by atoms with van der Waals surface area (Å²) < 4.78 is 38.3. The van der Waals surface area contributed by atoms with E-state index in [-0.39, 0.29) is 24.0 Å². The third kappa shape index (κ3) is 7.17. The van der Waals surface area contributed by atoms with E-state index in [2.05, 4.69) is 39.6 Å². The Labute approximate surface area is 222 Å². The molecule has 1 aliphatic heterocycles. The minimum absolute atomic E-state index is 0.0166. The van der Waals surface area contributed by atoms with Crippen molar-refractivity contribution in [3.8, 4) is 10.6 Å². The Kier molecular flexibility index (Phi) is 8.33. The molecular formula is C22H27ClN6O6S2. The third-order valence-corrected chi connectivity index (χ3v) is 7.70. The smallest absolute Gasteiger partial charge is 0.283 e. The van der Waals surface area contributed by atoms with Crippen LogP contribution in [0.3, 0.4) is 0 Å². The summed E-state index contributed by atoms with van der Waals surface area (Å²) in [4.78, 5) is 28.8. The number of hydrogen-bond donors (Lipinski definition) is 3. The summed E-state index contributed by atoms with van der Waals surface area (Å²) in [6.45, 7) is 6.00. The van der Waals surface area contributed by atoms with E-state index in [1.807, 2.05) is 0 Å². The minimum Gasteiger partial charge on any atom is -0.355 e. The van der Waals surface area contributed by atoms with Crippen molar-refractivity contribution in [3.63, 3.8) is 0 Å². The fourth-order valence-corrected chi connectivity index (χ4v) is 5.31. The SMILES string of the molecule is CC(C)N1CCC(NC(=O)c2cc(C(=O)NCS(=O)(=O)O)nn2Cc2cc(-c3ccc(Cl)s3)on2)CC1. The number of aromatic nitrogens is 3. The molecule has 0 unspecified atom stereocenters. The highest BCUT2D eigenvalue weighted by atomic mass is 35.5. The molecule has 0 atom stereocenters. The van der Waals surface area contributed by atoms with Gasteiger partial charge in [-0.05, 0) is 38.8 Å². The van der Waals surface area contributed by atoms with Gasteiger partial charge in [0, 0.05) is 37.3 Å². The summed E-state index contributed by atoms with van der Waals surface area (Å²) in [5.74, 6) is -1.76. The fourth-order valence-electron chi connectivity index (χ4n) is 4.00. The molecule has 0 radical (unpaired) electrons. The van der Waals surface area contributed by atoms with Crippen LogP contribution in [0.15, 0.2) is 28.8 Å². The van der Waals surface area contributed by atoms with E-state index in [1.165, 1.54) is 22.1 Å². The minimum atomic E-state index is -4.43. The van der Waals surface area contributed by atoms with Crippen LogP contribution in [0, 0.1) is 0 Å². The van der Waals surface area contributed by atoms with Gasteiger partial charge in [0.2, 0.25) is 0 Å². The summed E-state index contributed by atoms with van der Waals surface area (Å²) in [6.07, 6.45) is 1.57. The molecule has 3 aromatic rings. The number of amides is 2. The number of likely N-dealkylation sites (tertiary alicyclic amines) is 1. The Balaban J connectivity index is 1.53. The number of hydrogen-bond acceptors (Lipinski definition) is 9. The summed E-state index contributed by atoms with van der Waals surface area (Å²) in [7, 11) is -4.43. The van der Waals surface area contributed by atoms with E-state index >= 15 is 0 Å². The lowest BCUT2D eigenvalue weighted by atomic mass is 10.0.